The van der Waals surface area contributed by atoms with E-state index in [0.717, 1.165) is 110 Å². The molecule has 6 aliphatic rings. The number of pyridine rings is 3. The molecule has 0 saturated carbocycles. The van der Waals surface area contributed by atoms with Gasteiger partial charge in [0, 0.05) is 86.7 Å². The second-order valence-electron chi connectivity index (χ2n) is 19.5. The smallest absolute Gasteiger partial charge is 0.348 e. The first-order valence-electron chi connectivity index (χ1n) is 27.1. The Kier molecular flexibility index (Phi) is 22.0. The average Bonchev–Trinajstić information content (AvgIpc) is 1.30. The first-order chi connectivity index (χ1) is 42.5. The molecule has 0 spiro atoms. The van der Waals surface area contributed by atoms with Crippen LogP contribution in [0.2, 0.25) is 15.3 Å². The molecule has 3 N–H and O–H groups in total. The quantitative estimate of drug-likeness (QED) is 0.0616. The van der Waals surface area contributed by atoms with Crippen LogP contribution in [0.25, 0.3) is 0 Å². The van der Waals surface area contributed by atoms with Gasteiger partial charge >= 0.3 is 17.1 Å². The third-order valence-electron chi connectivity index (χ3n) is 12.9. The van der Waals surface area contributed by atoms with Gasteiger partial charge in [-0.3, -0.25) is 50.3 Å². The normalized spacial score (nSPS) is 14.7. The highest BCUT2D eigenvalue weighted by Crippen LogP contribution is 2.40. The minimum atomic E-state index is -3.52. The summed E-state index contributed by atoms with van der Waals surface area (Å²) in [5, 5.41) is 46.9. The van der Waals surface area contributed by atoms with Gasteiger partial charge in [-0.2, -0.15) is 0 Å². The van der Waals surface area contributed by atoms with E-state index in [0.29, 0.717) is 24.3 Å². The minimum absolute atomic E-state index is 0.00463. The molecule has 89 heavy (non-hydrogen) atoms. The Morgan fingerprint density at radius 1 is 0.562 bits per heavy atom. The molecule has 0 atom stereocenters. The molecule has 12 rings (SSSR count). The van der Waals surface area contributed by atoms with Crippen LogP contribution in [-0.4, -0.2) is 154 Å². The molecular formula is C55H55Cl3N16O13S2. The number of nitrogens with two attached hydrogens (primary N) is 1. The Hall–Kier alpha value is -9.14. The van der Waals surface area contributed by atoms with Crippen molar-refractivity contribution >= 4 is 125 Å². The van der Waals surface area contributed by atoms with E-state index in [9.17, 15) is 52.3 Å². The van der Waals surface area contributed by atoms with Gasteiger partial charge in [0.1, 0.15) is 45.5 Å². The van der Waals surface area contributed by atoms with Crippen LogP contribution in [0.4, 0.5) is 34.1 Å². The Balaban J connectivity index is 0.000000157. The van der Waals surface area contributed by atoms with Gasteiger partial charge in [-0.05, 0) is 92.8 Å². The Bertz CT molecular complexity index is 4100. The van der Waals surface area contributed by atoms with E-state index in [1.807, 2.05) is 27.1 Å². The molecular weight excluding hydrogens is 1260 g/mol. The molecule has 0 radical (unpaired) electrons. The number of aliphatic imine (C=N–C) groups is 6. The maximum atomic E-state index is 12.2. The number of aromatic nitrogens is 3. The maximum Gasteiger partial charge on any atom is 0.348 e. The number of primary sulfonamides is 1. The topological polar surface area (TPSA) is 385 Å². The number of phenolic OH excluding ortho intramolecular Hbond substituents is 1. The molecule has 29 nitrogen and oxygen atoms in total. The molecule has 6 aromatic rings. The van der Waals surface area contributed by atoms with Crippen molar-refractivity contribution in [2.45, 2.75) is 51.7 Å². The van der Waals surface area contributed by atoms with Gasteiger partial charge in [0.2, 0.25) is 31.8 Å². The second-order valence-corrected chi connectivity index (χ2v) is 24.5. The molecule has 0 fully saturated rings. The van der Waals surface area contributed by atoms with E-state index in [2.05, 4.69) is 50.0 Å². The van der Waals surface area contributed by atoms with E-state index >= 15 is 0 Å². The molecule has 3 aromatic heterocycles. The zero-order valence-electron chi connectivity index (χ0n) is 47.4. The maximum absolute atomic E-state index is 12.2. The van der Waals surface area contributed by atoms with Gasteiger partial charge in [-0.15, -0.1) is 0 Å². The van der Waals surface area contributed by atoms with Crippen LogP contribution in [0.1, 0.15) is 68.3 Å². The van der Waals surface area contributed by atoms with Crippen molar-refractivity contribution in [2.75, 3.05) is 50.8 Å². The number of nitrogens with zero attached hydrogens (tertiary/aromatic N) is 15. The van der Waals surface area contributed by atoms with Crippen molar-refractivity contribution in [3.05, 3.63) is 159 Å². The summed E-state index contributed by atoms with van der Waals surface area (Å²) >= 11 is 16.7. The lowest BCUT2D eigenvalue weighted by molar-refractivity contribution is -0.386. The Morgan fingerprint density at radius 2 is 0.978 bits per heavy atom. The number of amidine groups is 3. The highest BCUT2D eigenvalue weighted by molar-refractivity contribution is 7.90. The van der Waals surface area contributed by atoms with Crippen molar-refractivity contribution in [3.63, 3.8) is 0 Å². The lowest BCUT2D eigenvalue weighted by atomic mass is 10.1. The second kappa shape index (κ2) is 29.7. The highest BCUT2D eigenvalue weighted by Gasteiger charge is 2.30. The fourth-order valence-electron chi connectivity index (χ4n) is 9.10. The third-order valence-corrected chi connectivity index (χ3v) is 16.5. The largest absolute Gasteiger partial charge is 0.508 e. The first-order valence-corrected chi connectivity index (χ1v) is 31.8. The van der Waals surface area contributed by atoms with E-state index in [4.69, 9.17) is 44.3 Å². The van der Waals surface area contributed by atoms with Crippen LogP contribution in [0.5, 0.6) is 28.7 Å². The molecule has 34 heteroatoms. The summed E-state index contributed by atoms with van der Waals surface area (Å²) in [6, 6.07) is 19.7. The zero-order chi connectivity index (χ0) is 64.0. The fourth-order valence-corrected chi connectivity index (χ4v) is 11.8. The van der Waals surface area contributed by atoms with Gasteiger partial charge in [-0.25, -0.2) is 46.9 Å². The predicted octanol–water partition coefficient (Wildman–Crippen LogP) is 10.3. The summed E-state index contributed by atoms with van der Waals surface area (Å²) in [6.45, 7) is 8.47. The number of hydrogen-bond donors (Lipinski definition) is 2. The molecule has 466 valence electrons. The van der Waals surface area contributed by atoms with Crippen molar-refractivity contribution in [1.29, 1.82) is 0 Å². The average molecular weight is 1320 g/mol. The van der Waals surface area contributed by atoms with E-state index < -0.39 is 46.1 Å². The van der Waals surface area contributed by atoms with Gasteiger partial charge in [-0.1, -0.05) is 48.7 Å². The van der Waals surface area contributed by atoms with Crippen molar-refractivity contribution in [2.24, 2.45) is 35.1 Å². The Morgan fingerprint density at radius 3 is 1.39 bits per heavy atom. The van der Waals surface area contributed by atoms with E-state index in [1.54, 1.807) is 75.1 Å². The van der Waals surface area contributed by atoms with Crippen LogP contribution in [0.3, 0.4) is 0 Å². The summed E-state index contributed by atoms with van der Waals surface area (Å²) in [7, 11) is -6.69. The number of benzene rings is 3. The highest BCUT2D eigenvalue weighted by atomic mass is 35.5. The SMILES string of the molecule is CCCS(=O)(=O)Cc1nccc(Oc2ccc3c(c2)C2=NCCCN2C=N3)c1[N+](=O)[O-].CCCS(N)(=O)=O.O=[N+]([O-])c1c(Cl)ccnc1Cl.O=[N+]([O-])c1c(Oc2ccc3c(c2)C2=NCCCN2C=N3)ccnc1Cl.Oc1ccc2c(c1)C1=NCCCN1C=N2. The molecule has 0 bridgehead atoms. The summed E-state index contributed by atoms with van der Waals surface area (Å²) in [5.74, 6) is 3.10. The first kappa shape index (κ1) is 65.8. The summed E-state index contributed by atoms with van der Waals surface area (Å²) in [4.78, 5) is 75.2. The zero-order valence-corrected chi connectivity index (χ0v) is 51.3. The van der Waals surface area contributed by atoms with E-state index in [-0.39, 0.29) is 61.2 Å². The number of fused-ring (bicyclic) bond motifs is 9. The van der Waals surface area contributed by atoms with Gasteiger partial charge in [0.25, 0.3) is 0 Å². The molecule has 0 amide bonds. The van der Waals surface area contributed by atoms with Gasteiger partial charge in [0.05, 0.1) is 68.1 Å². The molecule has 0 saturated heterocycles. The van der Waals surface area contributed by atoms with Crippen molar-refractivity contribution in [3.8, 4) is 28.7 Å². The lowest BCUT2D eigenvalue weighted by Gasteiger charge is -2.29. The van der Waals surface area contributed by atoms with Crippen molar-refractivity contribution < 1.29 is 46.2 Å². The number of hydrogen-bond acceptors (Lipinski definition) is 25. The number of sulfonamides is 1. The van der Waals surface area contributed by atoms with E-state index in [1.165, 1.54) is 36.8 Å². The fraction of sp³-hybridized carbons (Fsp3) is 0.291. The summed E-state index contributed by atoms with van der Waals surface area (Å²) in [5.41, 5.74) is 3.64. The van der Waals surface area contributed by atoms with Crippen molar-refractivity contribution in [1.82, 2.24) is 29.7 Å². The molecule has 3 aromatic carbocycles. The third kappa shape index (κ3) is 17.1. The number of phenols is 1. The van der Waals surface area contributed by atoms with Crippen LogP contribution >= 0.6 is 34.8 Å². The predicted molar refractivity (Wildman–Crippen MR) is 338 cm³/mol. The Labute approximate surface area is 524 Å². The molecule has 6 aliphatic heterocycles. The van der Waals surface area contributed by atoms with Gasteiger partial charge < -0.3 is 29.3 Å². The van der Waals surface area contributed by atoms with Crippen LogP contribution in [0, 0.1) is 30.3 Å². The summed E-state index contributed by atoms with van der Waals surface area (Å²) in [6.07, 6.45) is 13.3. The molecule has 0 unspecified atom stereocenters. The summed E-state index contributed by atoms with van der Waals surface area (Å²) < 4.78 is 56.0. The van der Waals surface area contributed by atoms with Crippen LogP contribution < -0.4 is 14.6 Å². The molecule has 9 heterocycles. The monoisotopic (exact) mass is 1320 g/mol. The number of sulfone groups is 1. The molecule has 0 aliphatic carbocycles. The standard InChI is InChI=1S/C20H21N5O5S.C16H12ClN5O3.C11H11N3O.C5H2Cl2N2O2.C3H9NO2S/c1-2-10-31(28,29)12-17-19(25(26)27)18(6-8-21-17)30-14-4-5-16-15(11-14)20-22-7-3-9-24(20)13-23-16;17-15-14(22(23)24)13(4-6-18-15)25-10-2-3-12-11(8-10)16-19-5-1-7-21(16)9-20-12;15-8-2-3-10-9(6-8)11-12-4-1-5-14(11)7-13-10;6-3-1-2-8-5(7)4(3)9(10)11;1-2-3-7(4,5)6/h4-6,8,11,13H,2-3,7,9-10,12H2,1H3;2-4,6,8-9H,1,5,7H2;2-3,6-7,15H,1,4-5H2;1-2H;2-3H2,1H3,(H2,4,5,6). The van der Waals surface area contributed by atoms with Crippen LogP contribution in [0.15, 0.2) is 121 Å². The number of nitro groups is 3. The number of ether oxygens (including phenoxy) is 2. The number of rotatable bonds is 13. The number of halogens is 3. The van der Waals surface area contributed by atoms with Gasteiger partial charge in [0.15, 0.2) is 9.84 Å². The lowest BCUT2D eigenvalue weighted by Crippen LogP contribution is -2.36. The van der Waals surface area contributed by atoms with Crippen LogP contribution in [-0.2, 0) is 25.6 Å². The number of aromatic hydroxyl groups is 1. The minimum Gasteiger partial charge on any atom is -0.508 e.